The van der Waals surface area contributed by atoms with Gasteiger partial charge in [0, 0.05) is 6.42 Å². The van der Waals surface area contributed by atoms with Crippen LogP contribution in [0, 0.1) is 6.92 Å². The molecule has 0 unspecified atom stereocenters. The van der Waals surface area contributed by atoms with E-state index in [1.165, 1.54) is 0 Å². The zero-order chi connectivity index (χ0) is 27.5. The first-order valence-corrected chi connectivity index (χ1v) is 12.5. The number of hydrogen-bond acceptors (Lipinski definition) is 6. The molecule has 36 heavy (non-hydrogen) atoms. The average molecular weight is 504 g/mol. The van der Waals surface area contributed by atoms with Gasteiger partial charge in [0.15, 0.2) is 0 Å². The Morgan fingerprint density at radius 3 is 1.17 bits per heavy atom. The van der Waals surface area contributed by atoms with Gasteiger partial charge in [0.25, 0.3) is 0 Å². The summed E-state index contributed by atoms with van der Waals surface area (Å²) in [5.74, 6) is 0. The molecule has 6 nitrogen and oxygen atoms in total. The predicted octanol–water partition coefficient (Wildman–Crippen LogP) is 8.23. The molecule has 0 aromatic heterocycles. The Balaban J connectivity index is 0.000000371. The van der Waals surface area contributed by atoms with Crippen molar-refractivity contribution in [2.75, 3.05) is 0 Å². The average Bonchev–Trinajstić information content (AvgIpc) is 2.80. The standard InChI is InChI=1S/C18H22O2.C12H25O4/c1-17(2,15-11-7-5-8-12-15)19-20-18(3,4)16-13-9-6-10-14-16;1-8-9-10(13-15-11(2,3)4)14-16-12(5,6)7/h5-14H,1-4H3;10H,1,8-9H2,2-7H3. The molecule has 0 fully saturated rings. The van der Waals surface area contributed by atoms with Gasteiger partial charge in [-0.15, -0.1) is 0 Å². The molecule has 2 rings (SSSR count). The molecule has 0 aliphatic heterocycles. The zero-order valence-corrected chi connectivity index (χ0v) is 23.9. The van der Waals surface area contributed by atoms with Crippen molar-refractivity contribution in [3.05, 3.63) is 78.7 Å². The summed E-state index contributed by atoms with van der Waals surface area (Å²) in [5.41, 5.74) is 0.447. The van der Waals surface area contributed by atoms with E-state index in [0.717, 1.165) is 11.1 Å². The zero-order valence-electron chi connectivity index (χ0n) is 23.9. The second-order valence-electron chi connectivity index (χ2n) is 11.6. The summed E-state index contributed by atoms with van der Waals surface area (Å²) >= 11 is 0. The van der Waals surface area contributed by atoms with Crippen molar-refractivity contribution in [3.8, 4) is 0 Å². The van der Waals surface area contributed by atoms with Crippen LogP contribution in [0.2, 0.25) is 0 Å². The summed E-state index contributed by atoms with van der Waals surface area (Å²) in [6.45, 7) is 23.2. The largest absolute Gasteiger partial charge is 0.228 e. The first kappa shape index (κ1) is 32.2. The Kier molecular flexibility index (Phi) is 12.7. The minimum Gasteiger partial charge on any atom is -0.228 e. The van der Waals surface area contributed by atoms with E-state index in [9.17, 15) is 0 Å². The monoisotopic (exact) mass is 503 g/mol. The van der Waals surface area contributed by atoms with Crippen molar-refractivity contribution in [1.82, 2.24) is 0 Å². The summed E-state index contributed by atoms with van der Waals surface area (Å²) < 4.78 is 0. The molecule has 0 heterocycles. The van der Waals surface area contributed by atoms with Crippen LogP contribution < -0.4 is 0 Å². The summed E-state index contributed by atoms with van der Waals surface area (Å²) in [7, 11) is 0. The fourth-order valence-corrected chi connectivity index (χ4v) is 2.66. The molecule has 2 aromatic rings. The van der Waals surface area contributed by atoms with E-state index in [1.807, 2.05) is 130 Å². The Morgan fingerprint density at radius 2 is 0.889 bits per heavy atom. The molecule has 0 atom stereocenters. The summed E-state index contributed by atoms with van der Waals surface area (Å²) in [6.07, 6.45) is 0.758. The van der Waals surface area contributed by atoms with Gasteiger partial charge in [0.1, 0.15) is 11.2 Å². The highest BCUT2D eigenvalue weighted by molar-refractivity contribution is 5.22. The maximum absolute atomic E-state index is 5.73. The van der Waals surface area contributed by atoms with Crippen LogP contribution >= 0.6 is 0 Å². The molecule has 0 aliphatic rings. The van der Waals surface area contributed by atoms with Crippen molar-refractivity contribution in [2.45, 2.75) is 111 Å². The van der Waals surface area contributed by atoms with E-state index >= 15 is 0 Å². The molecule has 0 amide bonds. The third-order valence-electron chi connectivity index (χ3n) is 4.65. The van der Waals surface area contributed by atoms with Crippen LogP contribution in [0.5, 0.6) is 0 Å². The third kappa shape index (κ3) is 13.5. The third-order valence-corrected chi connectivity index (χ3v) is 4.65. The van der Waals surface area contributed by atoms with Crippen LogP contribution in [0.15, 0.2) is 60.7 Å². The summed E-state index contributed by atoms with van der Waals surface area (Å²) in [6, 6.07) is 20.2. The molecule has 0 aliphatic carbocycles. The highest BCUT2D eigenvalue weighted by Crippen LogP contribution is 2.31. The molecule has 1 radical (unpaired) electrons. The van der Waals surface area contributed by atoms with Gasteiger partial charge >= 0.3 is 0 Å². The molecular formula is C30H47O6. The Labute approximate surface area is 219 Å². The topological polar surface area (TPSA) is 55.4 Å². The van der Waals surface area contributed by atoms with E-state index in [4.69, 9.17) is 29.3 Å². The minimum absolute atomic E-state index is 0.371. The van der Waals surface area contributed by atoms with Gasteiger partial charge in [-0.25, -0.2) is 29.3 Å². The minimum atomic E-state index is -0.545. The maximum Gasteiger partial charge on any atom is 0.224 e. The van der Waals surface area contributed by atoms with Gasteiger partial charge in [0.2, 0.25) is 6.29 Å². The highest BCUT2D eigenvalue weighted by atomic mass is 17.3. The van der Waals surface area contributed by atoms with Crippen molar-refractivity contribution in [2.24, 2.45) is 0 Å². The van der Waals surface area contributed by atoms with E-state index < -0.39 is 17.5 Å². The summed E-state index contributed by atoms with van der Waals surface area (Å²) in [4.78, 5) is 32.1. The first-order valence-electron chi connectivity index (χ1n) is 12.5. The Morgan fingerprint density at radius 1 is 0.556 bits per heavy atom. The van der Waals surface area contributed by atoms with Crippen LogP contribution in [0.3, 0.4) is 0 Å². The SMILES string of the molecule is CC(C)(OOC(C)(C)c1ccccc1)c1ccccc1.[CH2]CCC(OOC(C)(C)C)OOC(C)(C)C. The van der Waals surface area contributed by atoms with E-state index in [-0.39, 0.29) is 11.2 Å². The van der Waals surface area contributed by atoms with Crippen molar-refractivity contribution in [3.63, 3.8) is 0 Å². The summed E-state index contributed by atoms with van der Waals surface area (Å²) in [5, 5.41) is 0. The highest BCUT2D eigenvalue weighted by Gasteiger charge is 2.29. The normalized spacial score (nSPS) is 12.9. The first-order chi connectivity index (χ1) is 16.6. The van der Waals surface area contributed by atoms with Crippen LogP contribution in [-0.2, 0) is 40.5 Å². The fourth-order valence-electron chi connectivity index (χ4n) is 2.66. The number of rotatable bonds is 11. The smallest absolute Gasteiger partial charge is 0.224 e. The second kappa shape index (κ2) is 14.2. The van der Waals surface area contributed by atoms with Gasteiger partial charge in [-0.1, -0.05) is 67.6 Å². The Hall–Kier alpha value is -1.80. The Bertz CT molecular complexity index is 766. The van der Waals surface area contributed by atoms with Crippen molar-refractivity contribution in [1.29, 1.82) is 0 Å². The van der Waals surface area contributed by atoms with Crippen molar-refractivity contribution < 1.29 is 29.3 Å². The lowest BCUT2D eigenvalue weighted by Gasteiger charge is -2.31. The van der Waals surface area contributed by atoms with Crippen molar-refractivity contribution >= 4 is 0 Å². The van der Waals surface area contributed by atoms with Gasteiger partial charge in [-0.2, -0.15) is 0 Å². The molecular weight excluding hydrogens is 456 g/mol. The van der Waals surface area contributed by atoms with Crippen LogP contribution in [0.4, 0.5) is 0 Å². The van der Waals surface area contributed by atoms with E-state index in [2.05, 4.69) is 6.92 Å². The fraction of sp³-hybridized carbons (Fsp3) is 0.567. The predicted molar refractivity (Wildman–Crippen MR) is 143 cm³/mol. The van der Waals surface area contributed by atoms with Crippen LogP contribution in [-0.4, -0.2) is 17.5 Å². The molecule has 0 bridgehead atoms. The molecule has 0 spiro atoms. The lowest BCUT2D eigenvalue weighted by molar-refractivity contribution is -0.497. The maximum atomic E-state index is 5.73. The van der Waals surface area contributed by atoms with Gasteiger partial charge in [-0.05, 0) is 86.8 Å². The van der Waals surface area contributed by atoms with E-state index in [0.29, 0.717) is 12.8 Å². The second-order valence-corrected chi connectivity index (χ2v) is 11.6. The van der Waals surface area contributed by atoms with Gasteiger partial charge in [0.05, 0.1) is 11.2 Å². The molecule has 2 aromatic carbocycles. The molecule has 0 saturated carbocycles. The van der Waals surface area contributed by atoms with Crippen LogP contribution in [0.1, 0.15) is 93.2 Å². The quantitative estimate of drug-likeness (QED) is 0.175. The number of benzene rings is 2. The van der Waals surface area contributed by atoms with E-state index in [1.54, 1.807) is 0 Å². The van der Waals surface area contributed by atoms with Crippen LogP contribution in [0.25, 0.3) is 0 Å². The lowest BCUT2D eigenvalue weighted by atomic mass is 9.98. The lowest BCUT2D eigenvalue weighted by Crippen LogP contribution is -2.29. The molecule has 0 N–H and O–H groups in total. The molecule has 203 valence electrons. The van der Waals surface area contributed by atoms with Gasteiger partial charge in [-0.3, -0.25) is 0 Å². The van der Waals surface area contributed by atoms with Gasteiger partial charge < -0.3 is 0 Å². The molecule has 6 heteroatoms. The number of hydrogen-bond donors (Lipinski definition) is 0. The molecule has 0 saturated heterocycles.